The SMILES string of the molecule is CCC(C#N)(CCCOC(C)C(C)C)NC. The largest absolute Gasteiger partial charge is 0.378 e. The Morgan fingerprint density at radius 1 is 1.38 bits per heavy atom. The van der Waals surface area contributed by atoms with Crippen LogP contribution in [0.4, 0.5) is 0 Å². The first-order chi connectivity index (χ1) is 7.51. The van der Waals surface area contributed by atoms with Crippen molar-refractivity contribution >= 4 is 0 Å². The van der Waals surface area contributed by atoms with E-state index >= 15 is 0 Å². The average Bonchev–Trinajstić information content (AvgIpc) is 2.30. The Kier molecular flexibility index (Phi) is 7.36. The third kappa shape index (κ3) is 4.96. The highest BCUT2D eigenvalue weighted by atomic mass is 16.5. The lowest BCUT2D eigenvalue weighted by atomic mass is 9.92. The fourth-order valence-corrected chi connectivity index (χ4v) is 1.51. The second-order valence-corrected chi connectivity index (χ2v) is 4.72. The zero-order valence-corrected chi connectivity index (χ0v) is 11.3. The standard InChI is InChI=1S/C13H26N2O/c1-6-13(10-14,15-5)8-7-9-16-12(4)11(2)3/h11-12,15H,6-9H2,1-5H3. The van der Waals surface area contributed by atoms with Gasteiger partial charge in [0.25, 0.3) is 0 Å². The highest BCUT2D eigenvalue weighted by Crippen LogP contribution is 2.16. The monoisotopic (exact) mass is 226 g/mol. The van der Waals surface area contributed by atoms with E-state index in [9.17, 15) is 0 Å². The van der Waals surface area contributed by atoms with E-state index in [1.165, 1.54) is 0 Å². The molecule has 0 fully saturated rings. The summed E-state index contributed by atoms with van der Waals surface area (Å²) in [7, 11) is 1.85. The van der Waals surface area contributed by atoms with Crippen molar-refractivity contribution in [2.45, 2.75) is 58.6 Å². The minimum Gasteiger partial charge on any atom is -0.378 e. The van der Waals surface area contributed by atoms with E-state index in [1.807, 2.05) is 14.0 Å². The lowest BCUT2D eigenvalue weighted by Crippen LogP contribution is -2.41. The second-order valence-electron chi connectivity index (χ2n) is 4.72. The lowest BCUT2D eigenvalue weighted by molar-refractivity contribution is 0.0313. The van der Waals surface area contributed by atoms with Gasteiger partial charge in [-0.15, -0.1) is 0 Å². The van der Waals surface area contributed by atoms with E-state index in [1.54, 1.807) is 0 Å². The van der Waals surface area contributed by atoms with Crippen molar-refractivity contribution in [2.75, 3.05) is 13.7 Å². The van der Waals surface area contributed by atoms with Gasteiger partial charge in [-0.25, -0.2) is 0 Å². The fraction of sp³-hybridized carbons (Fsp3) is 0.923. The van der Waals surface area contributed by atoms with E-state index < -0.39 is 0 Å². The molecule has 0 aliphatic heterocycles. The van der Waals surface area contributed by atoms with Crippen LogP contribution in [0.2, 0.25) is 0 Å². The first-order valence-corrected chi connectivity index (χ1v) is 6.23. The topological polar surface area (TPSA) is 45.0 Å². The Morgan fingerprint density at radius 2 is 2.00 bits per heavy atom. The molecule has 16 heavy (non-hydrogen) atoms. The molecule has 0 heterocycles. The third-order valence-corrected chi connectivity index (χ3v) is 3.36. The Balaban J connectivity index is 3.85. The summed E-state index contributed by atoms with van der Waals surface area (Å²) in [5.41, 5.74) is -0.371. The summed E-state index contributed by atoms with van der Waals surface area (Å²) in [5.74, 6) is 0.552. The number of nitrogens with zero attached hydrogens (tertiary/aromatic N) is 1. The maximum Gasteiger partial charge on any atom is 0.106 e. The molecule has 0 saturated heterocycles. The van der Waals surface area contributed by atoms with Crippen LogP contribution < -0.4 is 5.32 Å². The summed E-state index contributed by atoms with van der Waals surface area (Å²) >= 11 is 0. The van der Waals surface area contributed by atoms with Crippen LogP contribution in [0.25, 0.3) is 0 Å². The Hall–Kier alpha value is -0.590. The molecule has 3 heteroatoms. The minimum absolute atomic E-state index is 0.299. The van der Waals surface area contributed by atoms with Gasteiger partial charge in [-0.05, 0) is 39.2 Å². The van der Waals surface area contributed by atoms with Crippen LogP contribution in [0, 0.1) is 17.2 Å². The number of hydrogen-bond donors (Lipinski definition) is 1. The first kappa shape index (κ1) is 15.4. The molecule has 1 N–H and O–H groups in total. The van der Waals surface area contributed by atoms with Crippen molar-refractivity contribution in [1.82, 2.24) is 5.32 Å². The molecular weight excluding hydrogens is 200 g/mol. The molecule has 0 bridgehead atoms. The number of rotatable bonds is 8. The third-order valence-electron chi connectivity index (χ3n) is 3.36. The first-order valence-electron chi connectivity index (χ1n) is 6.23. The highest BCUT2D eigenvalue weighted by Gasteiger charge is 2.24. The summed E-state index contributed by atoms with van der Waals surface area (Å²) in [4.78, 5) is 0. The van der Waals surface area contributed by atoms with Crippen molar-refractivity contribution in [3.63, 3.8) is 0 Å². The summed E-state index contributed by atoms with van der Waals surface area (Å²) < 4.78 is 5.70. The van der Waals surface area contributed by atoms with E-state index in [-0.39, 0.29) is 5.54 Å². The van der Waals surface area contributed by atoms with Crippen LogP contribution in [-0.2, 0) is 4.74 Å². The summed E-state index contributed by atoms with van der Waals surface area (Å²) in [5, 5.41) is 12.2. The van der Waals surface area contributed by atoms with Gasteiger partial charge in [-0.1, -0.05) is 20.8 Å². The smallest absolute Gasteiger partial charge is 0.106 e. The predicted molar refractivity (Wildman–Crippen MR) is 67.2 cm³/mol. The molecule has 3 nitrogen and oxygen atoms in total. The molecule has 0 spiro atoms. The van der Waals surface area contributed by atoms with Gasteiger partial charge in [0.05, 0.1) is 12.2 Å². The summed E-state index contributed by atoms with van der Waals surface area (Å²) in [6.07, 6.45) is 2.91. The molecule has 0 amide bonds. The fourth-order valence-electron chi connectivity index (χ4n) is 1.51. The van der Waals surface area contributed by atoms with E-state index in [0.29, 0.717) is 12.0 Å². The Labute approximate surface area is 100 Å². The van der Waals surface area contributed by atoms with E-state index in [4.69, 9.17) is 10.00 Å². The van der Waals surface area contributed by atoms with Crippen LogP contribution in [-0.4, -0.2) is 25.3 Å². The summed E-state index contributed by atoms with van der Waals surface area (Å²) in [6, 6.07) is 2.36. The molecule has 0 aromatic rings. The normalized spacial score (nSPS) is 16.8. The van der Waals surface area contributed by atoms with E-state index in [0.717, 1.165) is 25.9 Å². The van der Waals surface area contributed by atoms with Crippen molar-refractivity contribution in [3.05, 3.63) is 0 Å². The second kappa shape index (κ2) is 7.65. The maximum absolute atomic E-state index is 9.12. The van der Waals surface area contributed by atoms with Crippen molar-refractivity contribution in [1.29, 1.82) is 5.26 Å². The lowest BCUT2D eigenvalue weighted by Gasteiger charge is -2.25. The molecule has 2 atom stereocenters. The van der Waals surface area contributed by atoms with Gasteiger partial charge in [0.1, 0.15) is 5.54 Å². The van der Waals surface area contributed by atoms with Gasteiger partial charge in [0.15, 0.2) is 0 Å². The quantitative estimate of drug-likeness (QED) is 0.647. The minimum atomic E-state index is -0.371. The van der Waals surface area contributed by atoms with Gasteiger partial charge in [0, 0.05) is 6.61 Å². The molecule has 2 unspecified atom stereocenters. The predicted octanol–water partition coefficient (Wildman–Crippen LogP) is 2.72. The average molecular weight is 226 g/mol. The van der Waals surface area contributed by atoms with Crippen LogP contribution in [0.3, 0.4) is 0 Å². The van der Waals surface area contributed by atoms with Crippen molar-refractivity contribution < 1.29 is 4.74 Å². The van der Waals surface area contributed by atoms with Crippen LogP contribution >= 0.6 is 0 Å². The van der Waals surface area contributed by atoms with Gasteiger partial charge in [-0.3, -0.25) is 0 Å². The van der Waals surface area contributed by atoms with Gasteiger partial charge in [0.2, 0.25) is 0 Å². The zero-order valence-electron chi connectivity index (χ0n) is 11.3. The van der Waals surface area contributed by atoms with Gasteiger partial charge >= 0.3 is 0 Å². The highest BCUT2D eigenvalue weighted by molar-refractivity contribution is 5.05. The van der Waals surface area contributed by atoms with Crippen LogP contribution in [0.15, 0.2) is 0 Å². The molecule has 0 aromatic carbocycles. The van der Waals surface area contributed by atoms with Crippen molar-refractivity contribution in [2.24, 2.45) is 5.92 Å². The van der Waals surface area contributed by atoms with E-state index in [2.05, 4.69) is 32.2 Å². The number of hydrogen-bond acceptors (Lipinski definition) is 3. The van der Waals surface area contributed by atoms with Crippen molar-refractivity contribution in [3.8, 4) is 6.07 Å². The number of nitriles is 1. The van der Waals surface area contributed by atoms with Gasteiger partial charge < -0.3 is 10.1 Å². The number of ether oxygens (including phenoxy) is 1. The molecule has 0 aromatic heterocycles. The summed E-state index contributed by atoms with van der Waals surface area (Å²) in [6.45, 7) is 9.19. The maximum atomic E-state index is 9.12. The van der Waals surface area contributed by atoms with Crippen LogP contribution in [0.5, 0.6) is 0 Å². The molecule has 0 radical (unpaired) electrons. The molecule has 0 aliphatic rings. The number of nitrogens with one attached hydrogen (secondary N) is 1. The Bertz CT molecular complexity index is 216. The van der Waals surface area contributed by atoms with Gasteiger partial charge in [-0.2, -0.15) is 5.26 Å². The molecule has 94 valence electrons. The molecule has 0 saturated carbocycles. The van der Waals surface area contributed by atoms with Crippen LogP contribution in [0.1, 0.15) is 47.0 Å². The zero-order chi connectivity index (χ0) is 12.6. The molecular formula is C13H26N2O. The molecule has 0 aliphatic carbocycles. The molecule has 0 rings (SSSR count). The Morgan fingerprint density at radius 3 is 2.38 bits per heavy atom.